The summed E-state index contributed by atoms with van der Waals surface area (Å²) in [7, 11) is 0. The lowest BCUT2D eigenvalue weighted by Crippen LogP contribution is -2.41. The number of rotatable bonds is 4. The van der Waals surface area contributed by atoms with Gasteiger partial charge in [-0.2, -0.15) is 4.68 Å². The van der Waals surface area contributed by atoms with E-state index in [1.165, 1.54) is 16.8 Å². The van der Waals surface area contributed by atoms with Crippen LogP contribution in [0.25, 0.3) is 5.69 Å². The number of anilines is 2. The van der Waals surface area contributed by atoms with Gasteiger partial charge in [0.1, 0.15) is 5.82 Å². The molecule has 1 amide bonds. The fraction of sp³-hybridized carbons (Fsp3) is 0.261. The van der Waals surface area contributed by atoms with Gasteiger partial charge in [0.15, 0.2) is 11.6 Å². The summed E-state index contributed by atoms with van der Waals surface area (Å²) in [6, 6.07) is 11.6. The van der Waals surface area contributed by atoms with Crippen LogP contribution in [0.2, 0.25) is 5.02 Å². The molecule has 9 heteroatoms. The first-order chi connectivity index (χ1) is 15.3. The first-order valence-corrected chi connectivity index (χ1v) is 10.6. The van der Waals surface area contributed by atoms with Crippen LogP contribution in [0.5, 0.6) is 0 Å². The Balaban J connectivity index is 1.52. The molecule has 166 valence electrons. The number of benzene rings is 2. The van der Waals surface area contributed by atoms with E-state index < -0.39 is 11.6 Å². The SMILES string of the molecule is Cc1ccc(-n2nc(N3CCC[C@H](C(=O)Nc4ccc(F)c(F)c4)C3)ccc2=O)cc1Cl. The number of nitrogens with zero attached hydrogens (tertiary/aromatic N) is 3. The fourth-order valence-corrected chi connectivity index (χ4v) is 3.86. The Morgan fingerprint density at radius 3 is 2.69 bits per heavy atom. The number of nitrogens with one attached hydrogen (secondary N) is 1. The minimum atomic E-state index is -1.02. The lowest BCUT2D eigenvalue weighted by molar-refractivity contribution is -0.120. The number of carbonyl (C=O) groups is 1. The van der Waals surface area contributed by atoms with Crippen LogP contribution < -0.4 is 15.8 Å². The van der Waals surface area contributed by atoms with Gasteiger partial charge >= 0.3 is 0 Å². The van der Waals surface area contributed by atoms with Crippen molar-refractivity contribution in [1.82, 2.24) is 9.78 Å². The number of piperidine rings is 1. The van der Waals surface area contributed by atoms with E-state index in [0.29, 0.717) is 36.0 Å². The molecule has 0 saturated carbocycles. The summed E-state index contributed by atoms with van der Waals surface area (Å²) < 4.78 is 27.8. The van der Waals surface area contributed by atoms with E-state index in [4.69, 9.17) is 11.6 Å². The van der Waals surface area contributed by atoms with Crippen molar-refractivity contribution in [3.63, 3.8) is 0 Å². The smallest absolute Gasteiger partial charge is 0.271 e. The maximum Gasteiger partial charge on any atom is 0.271 e. The number of aromatic nitrogens is 2. The summed E-state index contributed by atoms with van der Waals surface area (Å²) >= 11 is 6.20. The lowest BCUT2D eigenvalue weighted by atomic mass is 9.97. The zero-order valence-corrected chi connectivity index (χ0v) is 18.1. The van der Waals surface area contributed by atoms with Crippen molar-refractivity contribution in [2.75, 3.05) is 23.3 Å². The number of carbonyl (C=O) groups excluding carboxylic acids is 1. The van der Waals surface area contributed by atoms with Gasteiger partial charge in [-0.15, -0.1) is 5.10 Å². The van der Waals surface area contributed by atoms with Gasteiger partial charge < -0.3 is 10.2 Å². The van der Waals surface area contributed by atoms with Crippen molar-refractivity contribution in [1.29, 1.82) is 0 Å². The van der Waals surface area contributed by atoms with Crippen LogP contribution in [0.3, 0.4) is 0 Å². The van der Waals surface area contributed by atoms with Gasteiger partial charge in [0.05, 0.1) is 11.6 Å². The Bertz CT molecular complexity index is 1230. The molecule has 1 N–H and O–H groups in total. The molecule has 4 rings (SSSR count). The standard InChI is InChI=1S/C23H21ClF2N4O2/c1-14-4-6-17(12-18(14)24)30-22(31)9-8-21(28-30)29-10-2-3-15(13-29)23(32)27-16-5-7-19(25)20(26)11-16/h4-9,11-12,15H,2-3,10,13H2,1H3,(H,27,32)/t15-/m0/s1. The molecule has 1 saturated heterocycles. The fourth-order valence-electron chi connectivity index (χ4n) is 3.69. The number of amides is 1. The van der Waals surface area contributed by atoms with Gasteiger partial charge in [-0.3, -0.25) is 9.59 Å². The predicted octanol–water partition coefficient (Wildman–Crippen LogP) is 4.33. The average Bonchev–Trinajstić information content (AvgIpc) is 2.78. The van der Waals surface area contributed by atoms with Crippen LogP contribution >= 0.6 is 11.6 Å². The third-order valence-electron chi connectivity index (χ3n) is 5.49. The summed E-state index contributed by atoms with van der Waals surface area (Å²) in [5.41, 5.74) is 1.36. The molecule has 0 aliphatic carbocycles. The van der Waals surface area contributed by atoms with E-state index in [1.807, 2.05) is 17.9 Å². The number of hydrogen-bond acceptors (Lipinski definition) is 4. The van der Waals surface area contributed by atoms with Crippen LogP contribution in [0.1, 0.15) is 18.4 Å². The molecule has 0 bridgehead atoms. The molecule has 1 aliphatic heterocycles. The first-order valence-electron chi connectivity index (χ1n) is 10.2. The topological polar surface area (TPSA) is 67.2 Å². The molecule has 0 spiro atoms. The number of hydrogen-bond donors (Lipinski definition) is 1. The summed E-state index contributed by atoms with van der Waals surface area (Å²) in [5.74, 6) is -2.07. The summed E-state index contributed by atoms with van der Waals surface area (Å²) in [4.78, 5) is 27.0. The maximum absolute atomic E-state index is 13.4. The van der Waals surface area contributed by atoms with E-state index in [9.17, 15) is 18.4 Å². The third kappa shape index (κ3) is 4.65. The molecule has 0 radical (unpaired) electrons. The van der Waals surface area contributed by atoms with Crippen molar-refractivity contribution < 1.29 is 13.6 Å². The highest BCUT2D eigenvalue weighted by Gasteiger charge is 2.27. The second kappa shape index (κ2) is 9.08. The van der Waals surface area contributed by atoms with Crippen LogP contribution in [-0.4, -0.2) is 28.8 Å². The van der Waals surface area contributed by atoms with E-state index in [0.717, 1.165) is 24.1 Å². The Hall–Kier alpha value is -3.26. The van der Waals surface area contributed by atoms with Crippen molar-refractivity contribution in [3.8, 4) is 5.69 Å². The van der Waals surface area contributed by atoms with Crippen LogP contribution in [0.15, 0.2) is 53.3 Å². The monoisotopic (exact) mass is 458 g/mol. The highest BCUT2D eigenvalue weighted by atomic mass is 35.5. The van der Waals surface area contributed by atoms with Crippen molar-refractivity contribution >= 4 is 29.0 Å². The van der Waals surface area contributed by atoms with E-state index in [1.54, 1.807) is 18.2 Å². The molecule has 2 heterocycles. The minimum absolute atomic E-state index is 0.203. The van der Waals surface area contributed by atoms with Gasteiger partial charge in [0, 0.05) is 35.9 Å². The zero-order valence-electron chi connectivity index (χ0n) is 17.3. The summed E-state index contributed by atoms with van der Waals surface area (Å²) in [6.45, 7) is 2.93. The van der Waals surface area contributed by atoms with Crippen molar-refractivity contribution in [3.05, 3.63) is 81.1 Å². The molecule has 32 heavy (non-hydrogen) atoms. The number of halogens is 3. The molecule has 1 atom stereocenters. The van der Waals surface area contributed by atoms with Gasteiger partial charge in [0.2, 0.25) is 5.91 Å². The number of aryl methyl sites for hydroxylation is 1. The predicted molar refractivity (Wildman–Crippen MR) is 120 cm³/mol. The second-order valence-corrected chi connectivity index (χ2v) is 8.19. The zero-order chi connectivity index (χ0) is 22.8. The molecule has 1 aromatic heterocycles. The third-order valence-corrected chi connectivity index (χ3v) is 5.90. The molecular formula is C23H21ClF2N4O2. The van der Waals surface area contributed by atoms with Crippen LogP contribution in [0, 0.1) is 24.5 Å². The Labute approximate surface area is 188 Å². The van der Waals surface area contributed by atoms with Crippen molar-refractivity contribution in [2.45, 2.75) is 19.8 Å². The Morgan fingerprint density at radius 1 is 1.12 bits per heavy atom. The van der Waals surface area contributed by atoms with Gasteiger partial charge in [0.25, 0.3) is 5.56 Å². The largest absolute Gasteiger partial charge is 0.354 e. The van der Waals surface area contributed by atoms with Gasteiger partial charge in [-0.05, 0) is 55.7 Å². The van der Waals surface area contributed by atoms with E-state index >= 15 is 0 Å². The second-order valence-electron chi connectivity index (χ2n) is 7.78. The summed E-state index contributed by atoms with van der Waals surface area (Å²) in [6.07, 6.45) is 1.40. The Morgan fingerprint density at radius 2 is 1.94 bits per heavy atom. The quantitative estimate of drug-likeness (QED) is 0.632. The first kappa shape index (κ1) is 22.0. The van der Waals surface area contributed by atoms with Gasteiger partial charge in [-0.25, -0.2) is 8.78 Å². The molecule has 1 fully saturated rings. The summed E-state index contributed by atoms with van der Waals surface area (Å²) in [5, 5.41) is 7.67. The maximum atomic E-state index is 13.4. The molecular weight excluding hydrogens is 438 g/mol. The highest BCUT2D eigenvalue weighted by molar-refractivity contribution is 6.31. The lowest BCUT2D eigenvalue weighted by Gasteiger charge is -2.33. The highest BCUT2D eigenvalue weighted by Crippen LogP contribution is 2.24. The molecule has 1 aliphatic rings. The van der Waals surface area contributed by atoms with Crippen LogP contribution in [-0.2, 0) is 4.79 Å². The molecule has 0 unspecified atom stereocenters. The Kier molecular flexibility index (Phi) is 6.23. The van der Waals surface area contributed by atoms with Gasteiger partial charge in [-0.1, -0.05) is 17.7 Å². The molecule has 6 nitrogen and oxygen atoms in total. The van der Waals surface area contributed by atoms with E-state index in [2.05, 4.69) is 10.4 Å². The molecule has 3 aromatic rings. The van der Waals surface area contributed by atoms with E-state index in [-0.39, 0.29) is 23.1 Å². The average molecular weight is 459 g/mol. The normalized spacial score (nSPS) is 16.1. The molecule has 2 aromatic carbocycles. The minimum Gasteiger partial charge on any atom is -0.354 e. The van der Waals surface area contributed by atoms with Crippen molar-refractivity contribution in [2.24, 2.45) is 5.92 Å². The van der Waals surface area contributed by atoms with Crippen LogP contribution in [0.4, 0.5) is 20.3 Å².